The van der Waals surface area contributed by atoms with Crippen molar-refractivity contribution in [3.8, 4) is 11.8 Å². The molecule has 1 aromatic carbocycles. The summed E-state index contributed by atoms with van der Waals surface area (Å²) in [5.74, 6) is 0.743. The Hall–Kier alpha value is -1.57. The Morgan fingerprint density at radius 2 is 2.11 bits per heavy atom. The zero-order valence-corrected chi connectivity index (χ0v) is 12.2. The van der Waals surface area contributed by atoms with E-state index in [1.807, 2.05) is 24.3 Å². The minimum Gasteiger partial charge on any atom is -0.479 e. The lowest BCUT2D eigenvalue weighted by Crippen LogP contribution is -2.46. The Kier molecular flexibility index (Phi) is 5.81. The van der Waals surface area contributed by atoms with Gasteiger partial charge in [-0.25, -0.2) is 0 Å². The fourth-order valence-electron chi connectivity index (χ4n) is 1.53. The van der Waals surface area contributed by atoms with E-state index in [2.05, 4.69) is 44.2 Å². The second-order valence-corrected chi connectivity index (χ2v) is 5.40. The Morgan fingerprint density at radius 3 is 2.74 bits per heavy atom. The van der Waals surface area contributed by atoms with E-state index in [1.165, 1.54) is 0 Å². The minimum atomic E-state index is 0.0878. The number of hydrogen-bond donors (Lipinski definition) is 1. The van der Waals surface area contributed by atoms with Gasteiger partial charge >= 0.3 is 0 Å². The smallest absolute Gasteiger partial charge is 0.174 e. The summed E-state index contributed by atoms with van der Waals surface area (Å²) < 4.78 is 5.28. The molecule has 0 aromatic heterocycles. The molecule has 0 saturated carbocycles. The number of nitriles is 1. The summed E-state index contributed by atoms with van der Waals surface area (Å²) in [5.41, 5.74) is 1.28. The average molecular weight is 261 g/mol. The Morgan fingerprint density at radius 1 is 1.37 bits per heavy atom. The first-order valence-corrected chi connectivity index (χ1v) is 6.42. The van der Waals surface area contributed by atoms with Gasteiger partial charge in [0.15, 0.2) is 6.61 Å². The maximum Gasteiger partial charge on any atom is 0.174 e. The van der Waals surface area contributed by atoms with E-state index >= 15 is 0 Å². The second kappa shape index (κ2) is 7.13. The molecule has 1 N–H and O–H groups in total. The SMILES string of the molecule is CN(C)C(C)(C)CNCc1cccc(OCC#N)c1. The van der Waals surface area contributed by atoms with Crippen LogP contribution in [-0.4, -0.2) is 37.7 Å². The summed E-state index contributed by atoms with van der Waals surface area (Å²) in [4.78, 5) is 2.20. The van der Waals surface area contributed by atoms with Crippen LogP contribution < -0.4 is 10.1 Å². The van der Waals surface area contributed by atoms with E-state index in [0.29, 0.717) is 0 Å². The predicted octanol–water partition coefficient (Wildman–Crippen LogP) is 2.02. The van der Waals surface area contributed by atoms with Crippen molar-refractivity contribution in [1.82, 2.24) is 10.2 Å². The van der Waals surface area contributed by atoms with Crippen LogP contribution in [0.4, 0.5) is 0 Å². The molecule has 4 heteroatoms. The van der Waals surface area contributed by atoms with Crippen LogP contribution in [0, 0.1) is 11.3 Å². The van der Waals surface area contributed by atoms with Gasteiger partial charge in [0.05, 0.1) is 0 Å². The molecule has 0 saturated heterocycles. The van der Waals surface area contributed by atoms with Gasteiger partial charge < -0.3 is 15.0 Å². The van der Waals surface area contributed by atoms with Crippen LogP contribution in [0.5, 0.6) is 5.75 Å². The van der Waals surface area contributed by atoms with Crippen molar-refractivity contribution in [2.24, 2.45) is 0 Å². The number of hydrogen-bond acceptors (Lipinski definition) is 4. The summed E-state index contributed by atoms with van der Waals surface area (Å²) in [6.45, 7) is 6.19. The molecule has 0 aliphatic rings. The molecule has 0 fully saturated rings. The molecule has 4 nitrogen and oxygen atoms in total. The van der Waals surface area contributed by atoms with E-state index in [-0.39, 0.29) is 12.1 Å². The Bertz CT molecular complexity index is 435. The van der Waals surface area contributed by atoms with Gasteiger partial charge in [-0.2, -0.15) is 5.26 Å². The molecule has 0 atom stereocenters. The molecular formula is C15H23N3O. The zero-order chi connectivity index (χ0) is 14.3. The highest BCUT2D eigenvalue weighted by molar-refractivity contribution is 5.28. The first-order chi connectivity index (χ1) is 8.95. The van der Waals surface area contributed by atoms with E-state index in [1.54, 1.807) is 0 Å². The number of ether oxygens (including phenoxy) is 1. The molecule has 104 valence electrons. The maximum atomic E-state index is 8.49. The number of nitrogens with zero attached hydrogens (tertiary/aromatic N) is 2. The highest BCUT2D eigenvalue weighted by Gasteiger charge is 2.19. The van der Waals surface area contributed by atoms with Gasteiger partial charge in [-0.05, 0) is 45.6 Å². The predicted molar refractivity (Wildman–Crippen MR) is 77.0 cm³/mol. The lowest BCUT2D eigenvalue weighted by Gasteiger charge is -2.32. The van der Waals surface area contributed by atoms with E-state index in [4.69, 9.17) is 10.00 Å². The van der Waals surface area contributed by atoms with Crippen molar-refractivity contribution >= 4 is 0 Å². The molecule has 0 amide bonds. The number of rotatable bonds is 7. The summed E-state index contributed by atoms with van der Waals surface area (Å²) in [6, 6.07) is 9.79. The van der Waals surface area contributed by atoms with Crippen LogP contribution >= 0.6 is 0 Å². The maximum absolute atomic E-state index is 8.49. The van der Waals surface area contributed by atoms with Crippen molar-refractivity contribution in [2.45, 2.75) is 25.9 Å². The molecule has 0 spiro atoms. The molecular weight excluding hydrogens is 238 g/mol. The van der Waals surface area contributed by atoms with Crippen molar-refractivity contribution in [1.29, 1.82) is 5.26 Å². The van der Waals surface area contributed by atoms with E-state index in [9.17, 15) is 0 Å². The standard InChI is InChI=1S/C15H23N3O/c1-15(2,18(3)4)12-17-11-13-6-5-7-14(10-13)19-9-8-16/h5-7,10,17H,9,11-12H2,1-4H3. The number of likely N-dealkylation sites (N-methyl/N-ethyl adjacent to an activating group) is 1. The molecule has 1 aromatic rings. The topological polar surface area (TPSA) is 48.3 Å². The molecule has 0 aliphatic carbocycles. The van der Waals surface area contributed by atoms with Gasteiger partial charge in [0, 0.05) is 18.6 Å². The fourth-order valence-corrected chi connectivity index (χ4v) is 1.53. The van der Waals surface area contributed by atoms with Crippen LogP contribution in [0.1, 0.15) is 19.4 Å². The second-order valence-electron chi connectivity index (χ2n) is 5.40. The van der Waals surface area contributed by atoms with Crippen molar-refractivity contribution in [3.63, 3.8) is 0 Å². The van der Waals surface area contributed by atoms with Gasteiger partial charge in [0.2, 0.25) is 0 Å². The lowest BCUT2D eigenvalue weighted by atomic mass is 10.0. The number of nitrogens with one attached hydrogen (secondary N) is 1. The van der Waals surface area contributed by atoms with Crippen molar-refractivity contribution in [2.75, 3.05) is 27.2 Å². The van der Waals surface area contributed by atoms with Crippen molar-refractivity contribution < 1.29 is 4.74 Å². The molecule has 0 radical (unpaired) electrons. The molecule has 0 aliphatic heterocycles. The third kappa shape index (κ3) is 5.29. The van der Waals surface area contributed by atoms with Gasteiger partial charge in [0.25, 0.3) is 0 Å². The normalized spacial score (nSPS) is 11.4. The third-order valence-electron chi connectivity index (χ3n) is 3.30. The molecule has 19 heavy (non-hydrogen) atoms. The van der Waals surface area contributed by atoms with Crippen molar-refractivity contribution in [3.05, 3.63) is 29.8 Å². The minimum absolute atomic E-state index is 0.0878. The first kappa shape index (κ1) is 15.5. The van der Waals surface area contributed by atoms with Gasteiger partial charge in [-0.1, -0.05) is 12.1 Å². The molecule has 0 unspecified atom stereocenters. The van der Waals surface area contributed by atoms with Gasteiger partial charge in [-0.3, -0.25) is 0 Å². The van der Waals surface area contributed by atoms with Crippen LogP contribution in [0.2, 0.25) is 0 Å². The monoisotopic (exact) mass is 261 g/mol. The average Bonchev–Trinajstić information content (AvgIpc) is 2.36. The fraction of sp³-hybridized carbons (Fsp3) is 0.533. The summed E-state index contributed by atoms with van der Waals surface area (Å²) in [5, 5.41) is 11.9. The third-order valence-corrected chi connectivity index (χ3v) is 3.30. The molecule has 1 rings (SSSR count). The summed E-state index contributed by atoms with van der Waals surface area (Å²) in [6.07, 6.45) is 0. The highest BCUT2D eigenvalue weighted by Crippen LogP contribution is 2.14. The number of benzene rings is 1. The molecule has 0 heterocycles. The Balaban J connectivity index is 2.48. The van der Waals surface area contributed by atoms with Gasteiger partial charge in [-0.15, -0.1) is 0 Å². The lowest BCUT2D eigenvalue weighted by molar-refractivity contribution is 0.190. The van der Waals surface area contributed by atoms with Crippen LogP contribution in [0.15, 0.2) is 24.3 Å². The van der Waals surface area contributed by atoms with E-state index in [0.717, 1.165) is 24.4 Å². The summed E-state index contributed by atoms with van der Waals surface area (Å²) in [7, 11) is 4.16. The first-order valence-electron chi connectivity index (χ1n) is 6.42. The van der Waals surface area contributed by atoms with Gasteiger partial charge in [0.1, 0.15) is 11.8 Å². The summed E-state index contributed by atoms with van der Waals surface area (Å²) >= 11 is 0. The zero-order valence-electron chi connectivity index (χ0n) is 12.2. The van der Waals surface area contributed by atoms with Crippen LogP contribution in [0.3, 0.4) is 0 Å². The quantitative estimate of drug-likeness (QED) is 0.816. The highest BCUT2D eigenvalue weighted by atomic mass is 16.5. The largest absolute Gasteiger partial charge is 0.479 e. The Labute approximate surface area is 116 Å². The van der Waals surface area contributed by atoms with Crippen LogP contribution in [-0.2, 0) is 6.54 Å². The molecule has 0 bridgehead atoms. The van der Waals surface area contributed by atoms with Crippen LogP contribution in [0.25, 0.3) is 0 Å². The van der Waals surface area contributed by atoms with E-state index < -0.39 is 0 Å².